The summed E-state index contributed by atoms with van der Waals surface area (Å²) < 4.78 is 36.0. The fourth-order valence-electron chi connectivity index (χ4n) is 9.05. The number of benzene rings is 1. The maximum absolute atomic E-state index is 15.4. The number of nitrogens with one attached hydrogen (secondary N) is 3. The Hall–Kier alpha value is -4.26. The van der Waals surface area contributed by atoms with Gasteiger partial charge in [0.2, 0.25) is 5.78 Å². The van der Waals surface area contributed by atoms with Crippen LogP contribution in [0, 0.1) is 23.7 Å². The molecule has 364 valence electrons. The number of aromatic amines is 1. The van der Waals surface area contributed by atoms with E-state index in [2.05, 4.69) is 44.3 Å². The first-order valence-electron chi connectivity index (χ1n) is 22.1. The number of phenolic OH excluding ortho intramolecular Hbond substituents is 1. The smallest absolute Gasteiger partial charge is 0.407 e. The van der Waals surface area contributed by atoms with Gasteiger partial charge in [-0.15, -0.1) is 11.8 Å². The summed E-state index contributed by atoms with van der Waals surface area (Å²) in [4.78, 5) is 50.2. The summed E-state index contributed by atoms with van der Waals surface area (Å²) in [6.45, 7) is 7.47. The van der Waals surface area contributed by atoms with Crippen LogP contribution in [0.1, 0.15) is 51.0 Å². The number of aliphatic hydroxyl groups is 2. The molecule has 2 saturated heterocycles. The number of phenols is 1. The van der Waals surface area contributed by atoms with E-state index in [-0.39, 0.29) is 71.7 Å². The molecule has 2 aliphatic heterocycles. The van der Waals surface area contributed by atoms with Crippen molar-refractivity contribution in [2.45, 2.75) is 113 Å². The molecule has 0 spiro atoms. The van der Waals surface area contributed by atoms with E-state index in [0.717, 1.165) is 11.8 Å². The highest BCUT2D eigenvalue weighted by Crippen LogP contribution is 2.46. The van der Waals surface area contributed by atoms with Crippen molar-refractivity contribution in [2.24, 2.45) is 0 Å². The molecule has 7 rings (SSSR count). The molecule has 0 radical (unpaired) electrons. The number of pyridine rings is 1. The maximum Gasteiger partial charge on any atom is 0.407 e. The van der Waals surface area contributed by atoms with Crippen molar-refractivity contribution >= 4 is 80.8 Å². The van der Waals surface area contributed by atoms with Crippen LogP contribution in [0.2, 0.25) is 0 Å². The summed E-state index contributed by atoms with van der Waals surface area (Å²) in [6.07, 6.45) is -1.68. The average molecular weight is 1010 g/mol. The minimum absolute atomic E-state index is 0.0142. The molecule has 2 aromatic heterocycles. The summed E-state index contributed by atoms with van der Waals surface area (Å²) in [5.41, 5.74) is 1.47. The molecule has 1 aromatic carbocycles. The molecule has 20 heteroatoms. The predicted molar refractivity (Wildman–Crippen MR) is 265 cm³/mol. The van der Waals surface area contributed by atoms with Crippen LogP contribution in [0.15, 0.2) is 65.4 Å². The van der Waals surface area contributed by atoms with Gasteiger partial charge >= 0.3 is 6.09 Å². The molecule has 2 aliphatic carbocycles. The first kappa shape index (κ1) is 51.6. The maximum atomic E-state index is 15.4. The second-order valence-corrected chi connectivity index (χ2v) is 25.4. The lowest BCUT2D eigenvalue weighted by Gasteiger charge is -2.51. The number of H-pyrrole nitrogens is 1. The van der Waals surface area contributed by atoms with Crippen molar-refractivity contribution in [3.05, 3.63) is 71.1 Å². The molecule has 1 amide bonds. The monoisotopic (exact) mass is 1010 g/mol. The normalized spacial score (nSPS) is 30.9. The number of rotatable bonds is 14. The number of methoxy groups -OCH3 is 1. The first-order chi connectivity index (χ1) is 32.4. The lowest BCUT2D eigenvalue weighted by atomic mass is 9.83. The number of amides is 1. The number of carbonyl (C=O) groups excluding carboxylic acids is 3. The molecular weight excluding hydrogens is 953 g/mol. The molecule has 4 heterocycles. The van der Waals surface area contributed by atoms with Gasteiger partial charge in [0.15, 0.2) is 18.4 Å². The number of ether oxygens (including phenoxy) is 6. The highest BCUT2D eigenvalue weighted by Gasteiger charge is 2.61. The zero-order valence-corrected chi connectivity index (χ0v) is 41.9. The van der Waals surface area contributed by atoms with Crippen LogP contribution < -0.4 is 10.6 Å². The molecule has 0 saturated carbocycles. The summed E-state index contributed by atoms with van der Waals surface area (Å²) in [5.74, 6) is 11.0. The Bertz CT molecular complexity index is 2770. The van der Waals surface area contributed by atoms with E-state index in [1.54, 1.807) is 57.7 Å². The third kappa shape index (κ3) is 10.9. The van der Waals surface area contributed by atoms with Crippen LogP contribution in [0.25, 0.3) is 21.8 Å². The quantitative estimate of drug-likeness (QED) is 0.100. The zero-order chi connectivity index (χ0) is 49.1. The predicted octanol–water partition coefficient (Wildman–Crippen LogP) is 3.67. The molecule has 2 fully saturated rings. The third-order valence-corrected chi connectivity index (χ3v) is 15.2. The number of hydrogen-bond acceptors (Lipinski definition) is 17. The van der Waals surface area contributed by atoms with Gasteiger partial charge in [-0.05, 0) is 90.7 Å². The van der Waals surface area contributed by atoms with Crippen molar-refractivity contribution in [1.82, 2.24) is 20.6 Å². The van der Waals surface area contributed by atoms with Gasteiger partial charge in [-0.3, -0.25) is 14.6 Å². The summed E-state index contributed by atoms with van der Waals surface area (Å²) in [7, 11) is -0.459. The number of nitrogens with zero attached hydrogens (tertiary/aromatic N) is 1. The lowest BCUT2D eigenvalue weighted by molar-refractivity contribution is -0.322. The Morgan fingerprint density at radius 1 is 1.16 bits per heavy atom. The molecule has 11 atom stereocenters. The zero-order valence-electron chi connectivity index (χ0n) is 38.6. The highest BCUT2D eigenvalue weighted by atomic mass is 33.1. The van der Waals surface area contributed by atoms with Gasteiger partial charge in [0.25, 0.3) is 0 Å². The Balaban J connectivity index is 1.36. The van der Waals surface area contributed by atoms with Gasteiger partial charge in [0.05, 0.1) is 43.1 Å². The van der Waals surface area contributed by atoms with Crippen molar-refractivity contribution in [3.63, 3.8) is 0 Å². The van der Waals surface area contributed by atoms with Crippen LogP contribution in [0.5, 0.6) is 5.75 Å². The molecular formula is C48H56N4O12S4. The van der Waals surface area contributed by atoms with E-state index >= 15 is 4.79 Å². The number of Topliss-reactive ketones (excluding diaryl/α,β-unsaturated/α-hetero) is 2. The van der Waals surface area contributed by atoms with Gasteiger partial charge in [-0.25, -0.2) is 4.79 Å². The van der Waals surface area contributed by atoms with Crippen LogP contribution in [0.4, 0.5) is 4.79 Å². The number of aromatic nitrogens is 2. The number of fused-ring (bicyclic) bond motifs is 3. The van der Waals surface area contributed by atoms with Crippen LogP contribution >= 0.6 is 11.8 Å². The molecule has 3 aromatic rings. The van der Waals surface area contributed by atoms with E-state index in [4.69, 9.17) is 50.8 Å². The largest absolute Gasteiger partial charge is 0.508 e. The van der Waals surface area contributed by atoms with Crippen molar-refractivity contribution < 1.29 is 58.1 Å². The molecule has 0 bridgehead atoms. The van der Waals surface area contributed by atoms with Crippen molar-refractivity contribution in [1.29, 1.82) is 0 Å². The van der Waals surface area contributed by atoms with Crippen molar-refractivity contribution in [3.8, 4) is 29.4 Å². The van der Waals surface area contributed by atoms with E-state index in [1.165, 1.54) is 24.4 Å². The lowest BCUT2D eigenvalue weighted by Crippen LogP contribution is -2.68. The number of carbonyl (C=O) groups is 3. The fourth-order valence-corrected chi connectivity index (χ4v) is 11.0. The third-order valence-electron chi connectivity index (χ3n) is 12.2. The summed E-state index contributed by atoms with van der Waals surface area (Å²) in [6, 6.07) is 5.07. The minimum atomic E-state index is -2.05. The SMILES string of the molecule is CCOC(=O)NC1C(=O)C[C@H](O)/C(=C/CS(C)(=S)=S)C2=C1C#C/C=C\C#C[C@@H]2OC1OC(C)C(SC)(C(=O)c2nccc3c2[nH]c2ccc(O)cc23)C(O)C1OC1CC(OC)C(NC(C)C)CO1. The Kier molecular flexibility index (Phi) is 16.5. The Labute approximate surface area is 409 Å². The second-order valence-electron chi connectivity index (χ2n) is 17.1. The topological polar surface area (TPSA) is 220 Å². The van der Waals surface area contributed by atoms with Gasteiger partial charge in [0, 0.05) is 65.4 Å². The minimum Gasteiger partial charge on any atom is -0.508 e. The molecule has 6 N–H and O–H groups in total. The van der Waals surface area contributed by atoms with Crippen LogP contribution in [0.3, 0.4) is 0 Å². The highest BCUT2D eigenvalue weighted by molar-refractivity contribution is 8.56. The Morgan fingerprint density at radius 2 is 1.93 bits per heavy atom. The number of aromatic hydroxyl groups is 1. The molecule has 9 unspecified atom stereocenters. The second kappa shape index (κ2) is 21.8. The standard InChI is InChI=1S/C48H56N4O12S4/c1-8-60-47(58)52-40-30-13-11-9-10-12-14-36(39(30)29(18-20-68(7,65)66)34(54)22-35(40)55)63-46-43(64-38-23-37(59-5)33(24-61-38)50-25(2)3)45(57)48(67-6,26(4)62-46)44(56)42-41-28(17-19-49-42)31-21-27(53)15-16-32(31)51-41/h9-10,15-19,21,25-26,33-34,36-38,40,43,45-46,50-51,53-54,57H,8,20,22-24H2,1-7H3,(H,52,58)/b10-9-,29-18-/t26?,33?,34-,36-,37?,38?,40?,43?,45?,46?,48?/m0/s1. The first-order valence-corrected chi connectivity index (χ1v) is 27.4. The number of hydrogen-bond donors (Lipinski definition) is 6. The van der Waals surface area contributed by atoms with E-state index < -0.39 is 85.1 Å². The summed E-state index contributed by atoms with van der Waals surface area (Å²) in [5, 5.41) is 42.6. The van der Waals surface area contributed by atoms with E-state index in [0.29, 0.717) is 21.8 Å². The fraction of sp³-hybridized carbons (Fsp3) is 0.500. The number of ketones is 2. The van der Waals surface area contributed by atoms with Gasteiger partial charge in [-0.2, -0.15) is 0 Å². The van der Waals surface area contributed by atoms with Gasteiger partial charge < -0.3 is 59.4 Å². The number of thioether (sulfide) groups is 1. The Morgan fingerprint density at radius 3 is 2.63 bits per heavy atom. The molecule has 68 heavy (non-hydrogen) atoms. The van der Waals surface area contributed by atoms with Gasteiger partial charge in [-0.1, -0.05) is 50.8 Å². The molecule has 16 nitrogen and oxygen atoms in total. The average Bonchev–Trinajstić information content (AvgIpc) is 3.66. The van der Waals surface area contributed by atoms with E-state index in [1.807, 2.05) is 13.8 Å². The molecule has 4 aliphatic rings. The summed E-state index contributed by atoms with van der Waals surface area (Å²) >= 11 is 12.3. The van der Waals surface area contributed by atoms with E-state index in [9.17, 15) is 24.9 Å². The van der Waals surface area contributed by atoms with Gasteiger partial charge in [0.1, 0.15) is 40.5 Å². The van der Waals surface area contributed by atoms with Crippen LogP contribution in [-0.2, 0) is 62.7 Å². The van der Waals surface area contributed by atoms with Crippen LogP contribution in [-0.4, -0.2) is 154 Å². The number of alkyl carbamates (subject to hydrolysis) is 1. The van der Waals surface area contributed by atoms with Crippen molar-refractivity contribution in [2.75, 3.05) is 38.6 Å². The number of aliphatic hydroxyl groups excluding tert-OH is 2. The number of allylic oxidation sites excluding steroid dienone is 2.